The number of aryl methyl sites for hydroxylation is 1. The van der Waals surface area contributed by atoms with E-state index in [-0.39, 0.29) is 5.82 Å². The fourth-order valence-corrected chi connectivity index (χ4v) is 2.27. The Balaban J connectivity index is 2.17. The van der Waals surface area contributed by atoms with Gasteiger partial charge in [0.15, 0.2) is 11.6 Å². The Bertz CT molecular complexity index is 557. The fourth-order valence-electron chi connectivity index (χ4n) is 1.67. The number of nitrogens with one attached hydrogen (secondary N) is 1. The summed E-state index contributed by atoms with van der Waals surface area (Å²) in [6.07, 6.45) is 1.18. The molecule has 1 N–H and O–H groups in total. The largest absolute Gasteiger partial charge is 0.354 e. The van der Waals surface area contributed by atoms with E-state index >= 15 is 0 Å². The normalized spacial score (nSPS) is 10.5. The van der Waals surface area contributed by atoms with Crippen molar-refractivity contribution in [2.45, 2.75) is 20.4 Å². The van der Waals surface area contributed by atoms with E-state index in [2.05, 4.69) is 20.3 Å². The summed E-state index contributed by atoms with van der Waals surface area (Å²) in [4.78, 5) is 14.1. The Morgan fingerprint density at radius 3 is 2.84 bits per heavy atom. The molecule has 0 aliphatic heterocycles. The van der Waals surface area contributed by atoms with Crippen LogP contribution in [0.15, 0.2) is 11.6 Å². The van der Waals surface area contributed by atoms with Crippen LogP contribution < -0.4 is 10.2 Å². The molecule has 0 saturated heterocycles. The fraction of sp³-hybridized carbons (Fsp3) is 0.417. The number of aromatic nitrogens is 3. The van der Waals surface area contributed by atoms with Crippen molar-refractivity contribution in [1.82, 2.24) is 15.0 Å². The molecule has 2 aromatic heterocycles. The molecule has 0 aliphatic rings. The van der Waals surface area contributed by atoms with Gasteiger partial charge in [-0.25, -0.2) is 14.4 Å². The van der Waals surface area contributed by atoms with Crippen molar-refractivity contribution >= 4 is 23.1 Å². The Labute approximate surface area is 115 Å². The van der Waals surface area contributed by atoms with Gasteiger partial charge in [-0.05, 0) is 13.8 Å². The highest BCUT2D eigenvalue weighted by Gasteiger charge is 2.13. The van der Waals surface area contributed by atoms with Crippen molar-refractivity contribution in [1.29, 1.82) is 0 Å². The second kappa shape index (κ2) is 5.92. The van der Waals surface area contributed by atoms with Gasteiger partial charge in [0.05, 0.1) is 23.4 Å². The second-order valence-corrected chi connectivity index (χ2v) is 5.17. The SMILES string of the molecule is CCNc1ncc(F)c(N(C)Cc2csc(C)n2)n1. The van der Waals surface area contributed by atoms with Crippen LogP contribution in [0.1, 0.15) is 17.6 Å². The molecule has 0 amide bonds. The van der Waals surface area contributed by atoms with Gasteiger partial charge >= 0.3 is 0 Å². The predicted molar refractivity (Wildman–Crippen MR) is 75.1 cm³/mol. The number of hydrogen-bond donors (Lipinski definition) is 1. The minimum Gasteiger partial charge on any atom is -0.354 e. The Hall–Kier alpha value is -1.76. The summed E-state index contributed by atoms with van der Waals surface area (Å²) in [7, 11) is 1.79. The summed E-state index contributed by atoms with van der Waals surface area (Å²) >= 11 is 1.58. The number of thiazole rings is 1. The van der Waals surface area contributed by atoms with Crippen molar-refractivity contribution in [2.24, 2.45) is 0 Å². The first kappa shape index (κ1) is 13.7. The molecule has 0 spiro atoms. The molecule has 0 saturated carbocycles. The molecule has 5 nitrogen and oxygen atoms in total. The molecule has 0 radical (unpaired) electrons. The maximum absolute atomic E-state index is 13.8. The Morgan fingerprint density at radius 1 is 1.42 bits per heavy atom. The molecule has 2 rings (SSSR count). The lowest BCUT2D eigenvalue weighted by atomic mass is 10.4. The van der Waals surface area contributed by atoms with Gasteiger partial charge in [0, 0.05) is 19.0 Å². The van der Waals surface area contributed by atoms with E-state index in [1.54, 1.807) is 23.3 Å². The van der Waals surface area contributed by atoms with Crippen molar-refractivity contribution in [2.75, 3.05) is 23.8 Å². The Kier molecular flexibility index (Phi) is 4.26. The zero-order chi connectivity index (χ0) is 13.8. The molecular weight excluding hydrogens is 265 g/mol. The molecular formula is C12H16FN5S. The van der Waals surface area contributed by atoms with Crippen LogP contribution in [0.5, 0.6) is 0 Å². The van der Waals surface area contributed by atoms with E-state index in [9.17, 15) is 4.39 Å². The third kappa shape index (κ3) is 3.37. The third-order valence-electron chi connectivity index (χ3n) is 2.49. The van der Waals surface area contributed by atoms with E-state index in [0.717, 1.165) is 10.7 Å². The van der Waals surface area contributed by atoms with Crippen LogP contribution >= 0.6 is 11.3 Å². The van der Waals surface area contributed by atoms with Crippen LogP contribution in [0.4, 0.5) is 16.2 Å². The maximum Gasteiger partial charge on any atom is 0.224 e. The van der Waals surface area contributed by atoms with Gasteiger partial charge < -0.3 is 10.2 Å². The van der Waals surface area contributed by atoms with E-state index in [0.29, 0.717) is 19.0 Å². The number of rotatable bonds is 5. The van der Waals surface area contributed by atoms with Gasteiger partial charge in [-0.2, -0.15) is 4.98 Å². The molecule has 0 aromatic carbocycles. The van der Waals surface area contributed by atoms with Gasteiger partial charge in [-0.1, -0.05) is 0 Å². The summed E-state index contributed by atoms with van der Waals surface area (Å²) in [5, 5.41) is 5.94. The highest BCUT2D eigenvalue weighted by molar-refractivity contribution is 7.09. The summed E-state index contributed by atoms with van der Waals surface area (Å²) in [6.45, 7) is 5.10. The van der Waals surface area contributed by atoms with Crippen molar-refractivity contribution < 1.29 is 4.39 Å². The van der Waals surface area contributed by atoms with Gasteiger partial charge in [0.2, 0.25) is 5.95 Å². The lowest BCUT2D eigenvalue weighted by Gasteiger charge is -2.18. The lowest BCUT2D eigenvalue weighted by molar-refractivity contribution is 0.607. The molecule has 0 atom stereocenters. The molecule has 0 aliphatic carbocycles. The highest BCUT2D eigenvalue weighted by Crippen LogP contribution is 2.19. The molecule has 0 unspecified atom stereocenters. The maximum atomic E-state index is 13.8. The second-order valence-electron chi connectivity index (χ2n) is 4.11. The third-order valence-corrected chi connectivity index (χ3v) is 3.31. The van der Waals surface area contributed by atoms with Crippen LogP contribution in [0.25, 0.3) is 0 Å². The number of anilines is 2. The van der Waals surface area contributed by atoms with Crippen LogP contribution in [-0.2, 0) is 6.54 Å². The van der Waals surface area contributed by atoms with E-state index in [1.807, 2.05) is 19.2 Å². The average Bonchev–Trinajstić information content (AvgIpc) is 2.77. The van der Waals surface area contributed by atoms with Crippen LogP contribution in [-0.4, -0.2) is 28.5 Å². The van der Waals surface area contributed by atoms with Crippen molar-refractivity contribution in [3.8, 4) is 0 Å². The van der Waals surface area contributed by atoms with Crippen molar-refractivity contribution in [3.05, 3.63) is 28.1 Å². The standard InChI is InChI=1S/C12H16FN5S/c1-4-14-12-15-5-10(13)11(17-12)18(3)6-9-7-19-8(2)16-9/h5,7H,4,6H2,1-3H3,(H,14,15,17). The summed E-state index contributed by atoms with van der Waals surface area (Å²) < 4.78 is 13.8. The zero-order valence-corrected chi connectivity index (χ0v) is 12.0. The smallest absolute Gasteiger partial charge is 0.224 e. The molecule has 0 fully saturated rings. The van der Waals surface area contributed by atoms with Gasteiger partial charge in [0.1, 0.15) is 0 Å². The quantitative estimate of drug-likeness (QED) is 0.912. The monoisotopic (exact) mass is 281 g/mol. The summed E-state index contributed by atoms with van der Waals surface area (Å²) in [5.41, 5.74) is 0.910. The number of halogens is 1. The lowest BCUT2D eigenvalue weighted by Crippen LogP contribution is -2.20. The van der Waals surface area contributed by atoms with Gasteiger partial charge in [-0.15, -0.1) is 11.3 Å². The highest BCUT2D eigenvalue weighted by atomic mass is 32.1. The van der Waals surface area contributed by atoms with Crippen LogP contribution in [0, 0.1) is 12.7 Å². The topological polar surface area (TPSA) is 53.9 Å². The first-order valence-electron chi connectivity index (χ1n) is 5.98. The molecule has 19 heavy (non-hydrogen) atoms. The number of nitrogens with zero attached hydrogens (tertiary/aromatic N) is 4. The molecule has 102 valence electrons. The average molecular weight is 281 g/mol. The van der Waals surface area contributed by atoms with E-state index in [4.69, 9.17) is 0 Å². The van der Waals surface area contributed by atoms with E-state index in [1.165, 1.54) is 6.20 Å². The molecule has 7 heteroatoms. The zero-order valence-electron chi connectivity index (χ0n) is 11.1. The molecule has 2 aromatic rings. The van der Waals surface area contributed by atoms with Crippen LogP contribution in [0.2, 0.25) is 0 Å². The predicted octanol–water partition coefficient (Wildman–Crippen LogP) is 2.45. The molecule has 2 heterocycles. The number of hydrogen-bond acceptors (Lipinski definition) is 6. The first-order chi connectivity index (χ1) is 9.10. The summed E-state index contributed by atoms with van der Waals surface area (Å²) in [6, 6.07) is 0. The minimum atomic E-state index is -0.434. The van der Waals surface area contributed by atoms with E-state index < -0.39 is 5.82 Å². The van der Waals surface area contributed by atoms with Gasteiger partial charge in [0.25, 0.3) is 0 Å². The summed E-state index contributed by atoms with van der Waals surface area (Å²) in [5.74, 6) is 0.271. The van der Waals surface area contributed by atoms with Gasteiger partial charge in [-0.3, -0.25) is 0 Å². The van der Waals surface area contributed by atoms with Crippen molar-refractivity contribution in [3.63, 3.8) is 0 Å². The van der Waals surface area contributed by atoms with Crippen LogP contribution in [0.3, 0.4) is 0 Å². The first-order valence-corrected chi connectivity index (χ1v) is 6.86. The minimum absolute atomic E-state index is 0.275. The molecule has 0 bridgehead atoms. The Morgan fingerprint density at radius 2 is 2.21 bits per heavy atom.